The molecule has 1 aliphatic carbocycles. The number of aliphatic hydroxyl groups is 2. The number of pyridine rings is 3. The van der Waals surface area contributed by atoms with E-state index in [2.05, 4.69) is 60.7 Å². The van der Waals surface area contributed by atoms with Crippen LogP contribution in [0.2, 0.25) is 0 Å². The summed E-state index contributed by atoms with van der Waals surface area (Å²) in [4.78, 5) is 68.6. The number of benzene rings is 2. The molecule has 1 saturated carbocycles. The minimum atomic E-state index is -0.751. The van der Waals surface area contributed by atoms with Gasteiger partial charge in [-0.15, -0.1) is 0 Å². The Labute approximate surface area is 428 Å². The van der Waals surface area contributed by atoms with Crippen LogP contribution < -0.4 is 17.4 Å². The van der Waals surface area contributed by atoms with E-state index in [0.29, 0.717) is 66.9 Å². The molecule has 388 valence electrons. The second-order valence-corrected chi connectivity index (χ2v) is 19.3. The van der Waals surface area contributed by atoms with E-state index in [1.54, 1.807) is 48.5 Å². The Morgan fingerprint density at radius 2 is 0.849 bits per heavy atom. The molecule has 5 aliphatic heterocycles. The first kappa shape index (κ1) is 54.6. The molecule has 17 heteroatoms. The van der Waals surface area contributed by atoms with E-state index in [1.807, 2.05) is 48.9 Å². The van der Waals surface area contributed by atoms with Crippen molar-refractivity contribution in [2.45, 2.75) is 93.9 Å². The lowest BCUT2D eigenvalue weighted by Crippen LogP contribution is -2.44. The molecule has 6 aliphatic rings. The first-order chi connectivity index (χ1) is 35.7. The number of hydrogen-bond donors (Lipinski definition) is 5. The Balaban J connectivity index is 0.000000148. The highest BCUT2D eigenvalue weighted by molar-refractivity contribution is 6.22. The number of rotatable bonds is 12. The second kappa shape index (κ2) is 27.8. The topological polar surface area (TPSA) is 251 Å². The van der Waals surface area contributed by atoms with E-state index in [4.69, 9.17) is 10.5 Å². The predicted molar refractivity (Wildman–Crippen MR) is 278 cm³/mol. The number of fused-ring (bicyclic) bond motifs is 2. The number of nitrogens with zero attached hydrogens (tertiary/aromatic N) is 7. The van der Waals surface area contributed by atoms with Crippen molar-refractivity contribution in [3.8, 4) is 0 Å². The first-order valence-electron chi connectivity index (χ1n) is 25.8. The van der Waals surface area contributed by atoms with Gasteiger partial charge in [0.15, 0.2) is 0 Å². The van der Waals surface area contributed by atoms with Crippen LogP contribution in [0.15, 0.2) is 122 Å². The quantitative estimate of drug-likeness (QED) is 0.0471. The zero-order valence-corrected chi connectivity index (χ0v) is 41.7. The lowest BCUT2D eigenvalue weighted by Gasteiger charge is -2.33. The highest BCUT2D eigenvalue weighted by Crippen LogP contribution is 2.32. The van der Waals surface area contributed by atoms with Gasteiger partial charge in [0.1, 0.15) is 0 Å². The van der Waals surface area contributed by atoms with Crippen molar-refractivity contribution in [3.63, 3.8) is 0 Å². The average molecular weight is 997 g/mol. The number of aromatic nitrogens is 3. The number of carbonyl (C=O) groups is 4. The molecular weight excluding hydrogens is 925 g/mol. The molecule has 8 heterocycles. The van der Waals surface area contributed by atoms with Crippen molar-refractivity contribution in [2.75, 3.05) is 65.5 Å². The number of aliphatic hydroxyl groups excluding tert-OH is 2. The summed E-state index contributed by atoms with van der Waals surface area (Å²) in [5.41, 5.74) is 10.9. The molecule has 0 radical (unpaired) electrons. The number of likely N-dealkylation sites (tertiary alicyclic amines) is 2. The molecule has 5 aromatic rings. The van der Waals surface area contributed by atoms with E-state index in [-0.39, 0.29) is 42.4 Å². The smallest absolute Gasteiger partial charge is 0.261 e. The van der Waals surface area contributed by atoms with Crippen molar-refractivity contribution in [3.05, 3.63) is 161 Å². The summed E-state index contributed by atoms with van der Waals surface area (Å²) in [6, 6.07) is 32.1. The number of hydrazine groups is 1. The van der Waals surface area contributed by atoms with Crippen LogP contribution in [0.25, 0.3) is 0 Å². The Morgan fingerprint density at radius 3 is 1.21 bits per heavy atom. The van der Waals surface area contributed by atoms with Gasteiger partial charge >= 0.3 is 0 Å². The van der Waals surface area contributed by atoms with Gasteiger partial charge in [-0.05, 0) is 125 Å². The SMILES string of the molecule is NCC(O)CN1CCC(c2ccccn2)CC1.NN.O=C1c2ccccc2C(=O)N1CC(O)CN1CCC(c2ccccn2)CC1.O=C1c2ccccc2C(=O)N1CC1CO1.c1ccc(C2CCCCC2)nc1. The van der Waals surface area contributed by atoms with Crippen LogP contribution >= 0.6 is 0 Å². The van der Waals surface area contributed by atoms with Crippen LogP contribution in [-0.4, -0.2) is 152 Å². The summed E-state index contributed by atoms with van der Waals surface area (Å²) in [5.74, 6) is 8.74. The number of epoxide rings is 1. The van der Waals surface area contributed by atoms with Crippen molar-refractivity contribution in [2.24, 2.45) is 17.4 Å². The zero-order chi connectivity index (χ0) is 51.5. The standard InChI is InChI=1S/C21H23N3O3.C13H21N3O.C11H9NO3.C11H15N.H4N2/c25-16(14-24-20(26)17-5-1-2-6-18(17)21(24)27)13-23-11-8-15(9-12-23)19-7-3-4-10-22-19;14-9-12(17)10-16-7-4-11(5-8-16)13-3-1-2-6-15-13;13-10-8-3-1-2-4-9(8)11(14)12(10)5-7-6-15-7;1-2-6-10(7-3-1)11-8-4-5-9-12-11;1-2/h1-7,10,15-16,25H,8-9,11-14H2;1-3,6,11-12,17H,4-5,7-10,14H2;1-4,7H,5-6H2;4-5,8-10H,1-3,6-7H2;1-2H2. The number of hydrogen-bond acceptors (Lipinski definition) is 15. The van der Waals surface area contributed by atoms with E-state index in [0.717, 1.165) is 68.4 Å². The van der Waals surface area contributed by atoms with E-state index in [1.165, 1.54) is 48.4 Å². The molecule has 4 amide bonds. The summed E-state index contributed by atoms with van der Waals surface area (Å²) in [7, 11) is 0. The number of ether oxygens (including phenoxy) is 1. The third-order valence-corrected chi connectivity index (χ3v) is 14.2. The van der Waals surface area contributed by atoms with Gasteiger partial charge < -0.3 is 30.5 Å². The Morgan fingerprint density at radius 1 is 0.493 bits per heavy atom. The van der Waals surface area contributed by atoms with Crippen molar-refractivity contribution in [1.29, 1.82) is 0 Å². The molecular formula is C56H72N10O7. The van der Waals surface area contributed by atoms with Gasteiger partial charge in [-0.1, -0.05) is 61.7 Å². The predicted octanol–water partition coefficient (Wildman–Crippen LogP) is 5.13. The molecule has 17 nitrogen and oxygen atoms in total. The van der Waals surface area contributed by atoms with Crippen molar-refractivity contribution < 1.29 is 34.1 Å². The van der Waals surface area contributed by atoms with Crippen LogP contribution in [-0.2, 0) is 4.74 Å². The van der Waals surface area contributed by atoms with Crippen LogP contribution in [0.3, 0.4) is 0 Å². The molecule has 3 saturated heterocycles. The van der Waals surface area contributed by atoms with Crippen LogP contribution in [0, 0.1) is 0 Å². The Kier molecular flexibility index (Phi) is 20.8. The number of carbonyl (C=O) groups excluding carboxylic acids is 4. The Hall–Kier alpha value is -6.15. The zero-order valence-electron chi connectivity index (χ0n) is 41.7. The maximum absolute atomic E-state index is 12.4. The summed E-state index contributed by atoms with van der Waals surface area (Å²) in [5, 5.41) is 20.0. The molecule has 3 atom stereocenters. The summed E-state index contributed by atoms with van der Waals surface area (Å²) in [6.07, 6.45) is 15.6. The second-order valence-electron chi connectivity index (χ2n) is 19.3. The third kappa shape index (κ3) is 15.2. The van der Waals surface area contributed by atoms with Crippen LogP contribution in [0.1, 0.15) is 134 Å². The Bertz CT molecular complexity index is 2430. The molecule has 3 unspecified atom stereocenters. The molecule has 2 aromatic carbocycles. The fourth-order valence-corrected chi connectivity index (χ4v) is 10.2. The van der Waals surface area contributed by atoms with Crippen molar-refractivity contribution >= 4 is 23.6 Å². The van der Waals surface area contributed by atoms with Gasteiger partial charge in [0.05, 0.1) is 60.3 Å². The van der Waals surface area contributed by atoms with Gasteiger partial charge in [-0.2, -0.15) is 0 Å². The number of piperidine rings is 2. The maximum atomic E-state index is 12.4. The van der Waals surface area contributed by atoms with E-state index >= 15 is 0 Å². The highest BCUT2D eigenvalue weighted by Gasteiger charge is 2.39. The number of β-amino-alcohol motifs (C(OH)–C–C–N with tert-alkyl or cyclic N) is 2. The highest BCUT2D eigenvalue weighted by atomic mass is 16.6. The summed E-state index contributed by atoms with van der Waals surface area (Å²) in [6.45, 7) is 6.37. The molecule has 0 spiro atoms. The number of amides is 4. The maximum Gasteiger partial charge on any atom is 0.261 e. The fraction of sp³-hybridized carbons (Fsp3) is 0.446. The van der Waals surface area contributed by atoms with Gasteiger partial charge in [-0.25, -0.2) is 0 Å². The fourth-order valence-electron chi connectivity index (χ4n) is 10.2. The average Bonchev–Trinajstić information content (AvgIpc) is 4.22. The minimum absolute atomic E-state index is 0.0342. The van der Waals surface area contributed by atoms with E-state index in [9.17, 15) is 29.4 Å². The molecule has 8 N–H and O–H groups in total. The normalized spacial score (nSPS) is 19.9. The number of nitrogens with two attached hydrogens (primary N) is 3. The van der Waals surface area contributed by atoms with Gasteiger partial charge in [0.25, 0.3) is 23.6 Å². The summed E-state index contributed by atoms with van der Waals surface area (Å²) < 4.78 is 5.02. The van der Waals surface area contributed by atoms with E-state index < -0.39 is 6.10 Å². The lowest BCUT2D eigenvalue weighted by molar-refractivity contribution is 0.0448. The van der Waals surface area contributed by atoms with Gasteiger partial charge in [-0.3, -0.25) is 55.6 Å². The monoisotopic (exact) mass is 997 g/mol. The molecule has 3 aromatic heterocycles. The van der Waals surface area contributed by atoms with Crippen LogP contribution in [0.5, 0.6) is 0 Å². The molecule has 4 fully saturated rings. The lowest BCUT2D eigenvalue weighted by atomic mass is 9.87. The van der Waals surface area contributed by atoms with Gasteiger partial charge in [0.2, 0.25) is 0 Å². The minimum Gasteiger partial charge on any atom is -0.390 e. The molecule has 0 bridgehead atoms. The molecule has 73 heavy (non-hydrogen) atoms. The summed E-state index contributed by atoms with van der Waals surface area (Å²) >= 11 is 0. The van der Waals surface area contributed by atoms with Crippen molar-refractivity contribution in [1.82, 2.24) is 34.6 Å². The third-order valence-electron chi connectivity index (χ3n) is 14.2. The number of imide groups is 2. The molecule has 11 rings (SSSR count). The first-order valence-corrected chi connectivity index (χ1v) is 25.8. The largest absolute Gasteiger partial charge is 0.390 e. The van der Waals surface area contributed by atoms with Gasteiger partial charge in [0, 0.05) is 73.1 Å². The van der Waals surface area contributed by atoms with Crippen LogP contribution in [0.4, 0.5) is 0 Å².